The third-order valence-corrected chi connectivity index (χ3v) is 4.26. The van der Waals surface area contributed by atoms with Gasteiger partial charge < -0.3 is 10.5 Å². The predicted octanol–water partition coefficient (Wildman–Crippen LogP) is 2.48. The highest BCUT2D eigenvalue weighted by atomic mass is 79.9. The molecule has 0 bridgehead atoms. The van der Waals surface area contributed by atoms with Gasteiger partial charge in [-0.05, 0) is 36.0 Å². The lowest BCUT2D eigenvalue weighted by molar-refractivity contribution is 0.132. The molecule has 5 heteroatoms. The first-order chi connectivity index (χ1) is 7.56. The van der Waals surface area contributed by atoms with Crippen LogP contribution < -0.4 is 5.73 Å². The molecule has 0 radical (unpaired) electrons. The van der Waals surface area contributed by atoms with Crippen molar-refractivity contribution in [3.05, 3.63) is 20.8 Å². The largest absolute Gasteiger partial charge is 0.383 e. The molecule has 0 saturated heterocycles. The maximum Gasteiger partial charge on any atom is 0.0589 e. The fraction of sp³-hybridized carbons (Fsp3) is 0.636. The van der Waals surface area contributed by atoms with Crippen molar-refractivity contribution in [3.8, 4) is 0 Å². The van der Waals surface area contributed by atoms with Crippen LogP contribution in [-0.4, -0.2) is 38.3 Å². The van der Waals surface area contributed by atoms with Crippen molar-refractivity contribution in [2.45, 2.75) is 19.0 Å². The average Bonchev–Trinajstić information content (AvgIpc) is 2.61. The van der Waals surface area contributed by atoms with E-state index in [0.717, 1.165) is 17.6 Å². The molecule has 2 atom stereocenters. The zero-order chi connectivity index (χ0) is 12.1. The molecule has 0 aliphatic carbocycles. The molecule has 0 spiro atoms. The Kier molecular flexibility index (Phi) is 5.92. The summed E-state index contributed by atoms with van der Waals surface area (Å²) >= 11 is 5.22. The highest BCUT2D eigenvalue weighted by Crippen LogP contribution is 2.30. The molecule has 1 rings (SSSR count). The molecular weight excluding hydrogens is 288 g/mol. The Hall–Kier alpha value is 0.0600. The van der Waals surface area contributed by atoms with Crippen LogP contribution >= 0.6 is 27.3 Å². The van der Waals surface area contributed by atoms with E-state index in [1.165, 1.54) is 4.88 Å². The summed E-state index contributed by atoms with van der Waals surface area (Å²) in [4.78, 5) is 3.53. The predicted molar refractivity (Wildman–Crippen MR) is 72.9 cm³/mol. The average molecular weight is 307 g/mol. The van der Waals surface area contributed by atoms with E-state index in [4.69, 9.17) is 10.5 Å². The summed E-state index contributed by atoms with van der Waals surface area (Å²) in [5, 5.41) is 2.09. The van der Waals surface area contributed by atoms with Gasteiger partial charge in [0.25, 0.3) is 0 Å². The number of rotatable bonds is 6. The van der Waals surface area contributed by atoms with Crippen molar-refractivity contribution in [1.82, 2.24) is 4.90 Å². The summed E-state index contributed by atoms with van der Waals surface area (Å²) in [5.74, 6) is 0. The molecule has 2 N–H and O–H groups in total. The topological polar surface area (TPSA) is 38.5 Å². The Morgan fingerprint density at radius 3 is 2.75 bits per heavy atom. The summed E-state index contributed by atoms with van der Waals surface area (Å²) in [7, 11) is 3.80. The van der Waals surface area contributed by atoms with Crippen molar-refractivity contribution in [1.29, 1.82) is 0 Å². The van der Waals surface area contributed by atoms with Gasteiger partial charge in [0.15, 0.2) is 0 Å². The first-order valence-corrected chi connectivity index (χ1v) is 6.92. The molecule has 3 nitrogen and oxygen atoms in total. The maximum absolute atomic E-state index is 6.06. The van der Waals surface area contributed by atoms with Gasteiger partial charge in [-0.15, -0.1) is 11.3 Å². The Balaban J connectivity index is 2.74. The molecule has 1 heterocycles. The third kappa shape index (κ3) is 3.82. The Morgan fingerprint density at radius 2 is 2.31 bits per heavy atom. The monoisotopic (exact) mass is 306 g/mol. The summed E-state index contributed by atoms with van der Waals surface area (Å²) < 4.78 is 6.22. The van der Waals surface area contributed by atoms with Crippen LogP contribution in [0.1, 0.15) is 17.8 Å². The number of ether oxygens (including phenoxy) is 1. The standard InChI is InChI=1S/C11H19BrN2OS/c1-8(13)11(14(2)4-5-15-3)10-6-9(12)7-16-10/h6-8,11H,4-5,13H2,1-3H3. The fourth-order valence-electron chi connectivity index (χ4n) is 1.74. The van der Waals surface area contributed by atoms with E-state index in [9.17, 15) is 0 Å². The van der Waals surface area contributed by atoms with Crippen LogP contribution in [-0.2, 0) is 4.74 Å². The lowest BCUT2D eigenvalue weighted by Gasteiger charge is -2.30. The van der Waals surface area contributed by atoms with Gasteiger partial charge in [0.1, 0.15) is 0 Å². The van der Waals surface area contributed by atoms with Crippen LogP contribution in [0.4, 0.5) is 0 Å². The molecule has 0 amide bonds. The quantitative estimate of drug-likeness (QED) is 0.877. The van der Waals surface area contributed by atoms with Crippen molar-refractivity contribution in [3.63, 3.8) is 0 Å². The zero-order valence-electron chi connectivity index (χ0n) is 9.94. The number of halogens is 1. The van der Waals surface area contributed by atoms with Gasteiger partial charge in [0.05, 0.1) is 12.6 Å². The van der Waals surface area contributed by atoms with Crippen LogP contribution in [0.15, 0.2) is 15.9 Å². The number of methoxy groups -OCH3 is 1. The maximum atomic E-state index is 6.06. The summed E-state index contributed by atoms with van der Waals surface area (Å²) in [6, 6.07) is 2.50. The van der Waals surface area contributed by atoms with Crippen LogP contribution in [0.2, 0.25) is 0 Å². The molecule has 92 valence electrons. The van der Waals surface area contributed by atoms with Gasteiger partial charge in [-0.25, -0.2) is 0 Å². The second-order valence-electron chi connectivity index (χ2n) is 3.94. The van der Waals surface area contributed by atoms with Gasteiger partial charge in [0, 0.05) is 34.4 Å². The molecule has 0 fully saturated rings. The Morgan fingerprint density at radius 1 is 1.62 bits per heavy atom. The van der Waals surface area contributed by atoms with Crippen molar-refractivity contribution >= 4 is 27.3 Å². The highest BCUT2D eigenvalue weighted by Gasteiger charge is 2.22. The van der Waals surface area contributed by atoms with Crippen LogP contribution in [0.3, 0.4) is 0 Å². The lowest BCUT2D eigenvalue weighted by Crippen LogP contribution is -2.38. The fourth-order valence-corrected chi connectivity index (χ4v) is 3.46. The van der Waals surface area contributed by atoms with E-state index in [-0.39, 0.29) is 12.1 Å². The minimum Gasteiger partial charge on any atom is -0.383 e. The lowest BCUT2D eigenvalue weighted by atomic mass is 10.1. The molecule has 16 heavy (non-hydrogen) atoms. The number of likely N-dealkylation sites (N-methyl/N-ethyl adjacent to an activating group) is 1. The number of hydrogen-bond acceptors (Lipinski definition) is 4. The number of thiophene rings is 1. The third-order valence-electron chi connectivity index (χ3n) is 2.50. The molecule has 1 aromatic heterocycles. The number of nitrogens with zero attached hydrogens (tertiary/aromatic N) is 1. The SMILES string of the molecule is COCCN(C)C(c1cc(Br)cs1)C(C)N. The second kappa shape index (κ2) is 6.71. The van der Waals surface area contributed by atoms with E-state index >= 15 is 0 Å². The smallest absolute Gasteiger partial charge is 0.0589 e. The van der Waals surface area contributed by atoms with Crippen molar-refractivity contribution in [2.75, 3.05) is 27.3 Å². The second-order valence-corrected chi connectivity index (χ2v) is 5.80. The van der Waals surface area contributed by atoms with Crippen LogP contribution in [0, 0.1) is 0 Å². The molecule has 0 aromatic carbocycles. The van der Waals surface area contributed by atoms with E-state index < -0.39 is 0 Å². The van der Waals surface area contributed by atoms with Gasteiger partial charge in [-0.3, -0.25) is 4.90 Å². The van der Waals surface area contributed by atoms with E-state index in [1.807, 2.05) is 6.92 Å². The van der Waals surface area contributed by atoms with E-state index in [1.54, 1.807) is 18.4 Å². The molecule has 1 aromatic rings. The number of nitrogens with two attached hydrogens (primary N) is 1. The summed E-state index contributed by atoms with van der Waals surface area (Å²) in [6.07, 6.45) is 0. The molecule has 0 saturated carbocycles. The molecule has 0 aliphatic rings. The minimum atomic E-state index is 0.104. The summed E-state index contributed by atoms with van der Waals surface area (Å²) in [5.41, 5.74) is 6.06. The molecule has 0 aliphatic heterocycles. The van der Waals surface area contributed by atoms with Gasteiger partial charge in [-0.1, -0.05) is 0 Å². The zero-order valence-corrected chi connectivity index (χ0v) is 12.3. The van der Waals surface area contributed by atoms with Crippen LogP contribution in [0.25, 0.3) is 0 Å². The van der Waals surface area contributed by atoms with Crippen molar-refractivity contribution in [2.24, 2.45) is 5.73 Å². The minimum absolute atomic E-state index is 0.104. The van der Waals surface area contributed by atoms with Crippen molar-refractivity contribution < 1.29 is 4.74 Å². The summed E-state index contributed by atoms with van der Waals surface area (Å²) in [6.45, 7) is 3.66. The first kappa shape index (κ1) is 14.1. The highest BCUT2D eigenvalue weighted by molar-refractivity contribution is 9.10. The number of hydrogen-bond donors (Lipinski definition) is 1. The van der Waals surface area contributed by atoms with E-state index in [0.29, 0.717) is 0 Å². The Labute approximate surface area is 110 Å². The van der Waals surface area contributed by atoms with Gasteiger partial charge in [-0.2, -0.15) is 0 Å². The van der Waals surface area contributed by atoms with E-state index in [2.05, 4.69) is 39.3 Å². The first-order valence-electron chi connectivity index (χ1n) is 5.25. The van der Waals surface area contributed by atoms with Gasteiger partial charge >= 0.3 is 0 Å². The molecular formula is C11H19BrN2OS. The van der Waals surface area contributed by atoms with Gasteiger partial charge in [0.2, 0.25) is 0 Å². The Bertz CT molecular complexity index is 317. The van der Waals surface area contributed by atoms with Crippen LogP contribution in [0.5, 0.6) is 0 Å². The molecule has 2 unspecified atom stereocenters. The normalized spacial score (nSPS) is 15.4.